The molecule has 2 aliphatic heterocycles. The number of carbonyl (C=O) groups excluding carboxylic acids is 3. The van der Waals surface area contributed by atoms with E-state index < -0.39 is 14.3 Å². The van der Waals surface area contributed by atoms with Gasteiger partial charge in [0.2, 0.25) is 16.2 Å². The molecule has 2 aliphatic rings. The van der Waals surface area contributed by atoms with Crippen molar-refractivity contribution >= 4 is 86.8 Å². The quantitative estimate of drug-likeness (QED) is 0.0741. The van der Waals surface area contributed by atoms with Crippen molar-refractivity contribution in [2.75, 3.05) is 25.1 Å². The SMILES string of the molecule is CC(C)[Si](Oc1c2c(c(CC(=O)O)c3cc(Cc4ccc(F)cc4)cnc13)CN(C)C2=O)(C(C)C)C(C)C.CN1Cc2c(c(O)c3ncc(Cc4ccc(F)cc4)cc3c2CC(=O)Nc2nncs2)C1=O.Nc1nncs1. The zero-order valence-electron chi connectivity index (χ0n) is 43.7. The second kappa shape index (κ2) is 23.2. The van der Waals surface area contributed by atoms with Crippen LogP contribution in [0.15, 0.2) is 84.1 Å². The number of aromatic hydroxyl groups is 1. The summed E-state index contributed by atoms with van der Waals surface area (Å²) < 4.78 is 33.8. The first kappa shape index (κ1) is 55.4. The number of amides is 3. The maximum atomic E-state index is 13.5. The number of carbonyl (C=O) groups is 4. The minimum absolute atomic E-state index is 0.0263. The van der Waals surface area contributed by atoms with Gasteiger partial charge in [0.25, 0.3) is 20.1 Å². The number of nitrogen functional groups attached to an aromatic ring is 1. The van der Waals surface area contributed by atoms with Crippen LogP contribution in [0.5, 0.6) is 11.5 Å². The third kappa shape index (κ3) is 11.8. The fourth-order valence-electron chi connectivity index (χ4n) is 10.6. The highest BCUT2D eigenvalue weighted by molar-refractivity contribution is 7.13. The Hall–Kier alpha value is -7.82. The van der Waals surface area contributed by atoms with Crippen LogP contribution in [0.25, 0.3) is 21.8 Å². The molecular formula is C55H58F2N10O7S2Si. The minimum atomic E-state index is -2.47. The van der Waals surface area contributed by atoms with Crippen molar-refractivity contribution in [2.45, 2.75) is 96.9 Å². The van der Waals surface area contributed by atoms with Gasteiger partial charge in [0.15, 0.2) is 5.75 Å². The molecule has 5 N–H and O–H groups in total. The van der Waals surface area contributed by atoms with Crippen molar-refractivity contribution in [3.63, 3.8) is 0 Å². The highest BCUT2D eigenvalue weighted by Gasteiger charge is 2.49. The number of carboxylic acid groups (broad SMARTS) is 1. The molecular weight excluding hydrogens is 1040 g/mol. The number of pyridine rings is 2. The van der Waals surface area contributed by atoms with Gasteiger partial charge in [-0.15, -0.1) is 20.4 Å². The number of rotatable bonds is 14. The molecule has 10 rings (SSSR count). The monoisotopic (exact) mass is 1100 g/mol. The number of benzene rings is 4. The average Bonchev–Trinajstić information content (AvgIpc) is 4.24. The molecule has 0 saturated carbocycles. The van der Waals surface area contributed by atoms with E-state index in [-0.39, 0.29) is 82.2 Å². The minimum Gasteiger partial charge on any atom is -0.541 e. The van der Waals surface area contributed by atoms with E-state index in [0.717, 1.165) is 22.3 Å². The number of nitrogens with two attached hydrogens (primary N) is 1. The van der Waals surface area contributed by atoms with Crippen molar-refractivity contribution in [2.24, 2.45) is 0 Å². The fraction of sp³-hybridized carbons (Fsp3) is 0.309. The molecule has 0 bridgehead atoms. The third-order valence-corrected chi connectivity index (χ3v) is 21.1. The zero-order valence-corrected chi connectivity index (χ0v) is 46.4. The molecule has 77 heavy (non-hydrogen) atoms. The molecule has 0 saturated heterocycles. The number of anilines is 2. The Morgan fingerprint density at radius 3 is 1.66 bits per heavy atom. The molecule has 4 aromatic heterocycles. The van der Waals surface area contributed by atoms with Crippen molar-refractivity contribution in [1.29, 1.82) is 0 Å². The van der Waals surface area contributed by atoms with Gasteiger partial charge < -0.3 is 35.5 Å². The Balaban J connectivity index is 0.000000184. The van der Waals surface area contributed by atoms with E-state index in [9.17, 15) is 38.2 Å². The molecule has 4 aromatic carbocycles. The molecule has 8 aromatic rings. The lowest BCUT2D eigenvalue weighted by molar-refractivity contribution is -0.136. The van der Waals surface area contributed by atoms with Crippen LogP contribution in [0.1, 0.15) is 107 Å². The molecule has 0 unspecified atom stereocenters. The number of aliphatic carboxylic acids is 1. The number of nitrogens with one attached hydrogen (secondary N) is 1. The summed E-state index contributed by atoms with van der Waals surface area (Å²) in [7, 11) is 0.901. The van der Waals surface area contributed by atoms with Crippen LogP contribution in [0, 0.1) is 11.6 Å². The standard InChI is InChI=1S/C30H37FN2O4Si.C23H18FN5O3S.C2H3N3S/c1-17(2)38(18(3)4,19(5)6)37-29-27-25(16-33(7)30(27)36)23(14-26(34)35)24-13-21(15-32-28(24)29)12-20-8-10-22(31)11-9-20;1-29-10-17-15(8-18(30)27-23-28-26-11-33-23)16-7-13(6-12-2-4-14(24)5-3-12)9-25-20(16)21(31)19(17)22(29)32;3-2-5-4-1-6-2/h8-11,13,15,17-19H,12,14,16H2,1-7H3,(H,34,35);2-5,7,9,11,31H,6,8,10H2,1H3,(H,27,28,30);1H,(H2,3,5). The molecule has 0 spiro atoms. The van der Waals surface area contributed by atoms with Gasteiger partial charge in [0, 0.05) is 50.4 Å². The number of fused-ring (bicyclic) bond motifs is 4. The van der Waals surface area contributed by atoms with Crippen LogP contribution < -0.4 is 15.5 Å². The van der Waals surface area contributed by atoms with Crippen molar-refractivity contribution in [1.82, 2.24) is 40.2 Å². The predicted molar refractivity (Wildman–Crippen MR) is 295 cm³/mol. The molecule has 6 heterocycles. The van der Waals surface area contributed by atoms with Crippen LogP contribution in [0.3, 0.4) is 0 Å². The van der Waals surface area contributed by atoms with Gasteiger partial charge in [-0.25, -0.2) is 8.78 Å². The summed E-state index contributed by atoms with van der Waals surface area (Å²) in [6.45, 7) is 13.7. The fourth-order valence-corrected chi connectivity index (χ4v) is 16.6. The summed E-state index contributed by atoms with van der Waals surface area (Å²) in [6.07, 6.45) is 4.14. The van der Waals surface area contributed by atoms with E-state index in [1.54, 1.807) is 61.2 Å². The molecule has 17 nitrogen and oxygen atoms in total. The van der Waals surface area contributed by atoms with Crippen molar-refractivity contribution < 1.29 is 42.6 Å². The number of phenols is 1. The zero-order chi connectivity index (χ0) is 55.5. The summed E-state index contributed by atoms with van der Waals surface area (Å²) in [5.41, 5.74) is 16.6. The van der Waals surface area contributed by atoms with Crippen LogP contribution in [-0.4, -0.2) is 96.5 Å². The number of halogens is 2. The van der Waals surface area contributed by atoms with Crippen LogP contribution in [0.2, 0.25) is 16.6 Å². The Morgan fingerprint density at radius 1 is 0.714 bits per heavy atom. The Labute approximate surface area is 452 Å². The van der Waals surface area contributed by atoms with Gasteiger partial charge in [0.1, 0.15) is 39.4 Å². The summed E-state index contributed by atoms with van der Waals surface area (Å²) in [5.74, 6) is -2.06. The van der Waals surface area contributed by atoms with Crippen molar-refractivity contribution in [3.8, 4) is 11.5 Å². The maximum absolute atomic E-state index is 13.5. The number of nitrogens with zero attached hydrogens (tertiary/aromatic N) is 8. The molecule has 22 heteroatoms. The normalized spacial score (nSPS) is 13.0. The molecule has 400 valence electrons. The first-order chi connectivity index (χ1) is 36.7. The number of phenolic OH excluding ortho intramolecular Hbond substituents is 1. The van der Waals surface area contributed by atoms with Gasteiger partial charge in [-0.3, -0.25) is 29.1 Å². The number of aromatic nitrogens is 6. The second-order valence-corrected chi connectivity index (χ2v) is 27.1. The molecule has 3 amide bonds. The topological polar surface area (TPSA) is 240 Å². The predicted octanol–water partition coefficient (Wildman–Crippen LogP) is 10.1. The first-order valence-electron chi connectivity index (χ1n) is 24.8. The van der Waals surface area contributed by atoms with E-state index in [1.807, 2.05) is 12.1 Å². The van der Waals surface area contributed by atoms with Gasteiger partial charge >= 0.3 is 5.97 Å². The van der Waals surface area contributed by atoms with E-state index in [1.165, 1.54) is 57.3 Å². The number of hydrogen-bond acceptors (Lipinski definition) is 15. The number of hydrogen-bond donors (Lipinski definition) is 4. The van der Waals surface area contributed by atoms with Gasteiger partial charge in [-0.1, -0.05) is 88.5 Å². The summed E-state index contributed by atoms with van der Waals surface area (Å²) in [6, 6.07) is 16.3. The lowest BCUT2D eigenvalue weighted by Gasteiger charge is -2.42. The molecule has 0 aliphatic carbocycles. The van der Waals surface area contributed by atoms with E-state index in [4.69, 9.17) is 15.1 Å². The Bertz CT molecular complexity index is 3470. The van der Waals surface area contributed by atoms with E-state index in [0.29, 0.717) is 79.5 Å². The summed E-state index contributed by atoms with van der Waals surface area (Å²) in [5, 5.41) is 40.1. The highest BCUT2D eigenvalue weighted by Crippen LogP contribution is 2.48. The van der Waals surface area contributed by atoms with Crippen LogP contribution in [-0.2, 0) is 48.4 Å². The van der Waals surface area contributed by atoms with Crippen LogP contribution in [0.4, 0.5) is 19.0 Å². The Kier molecular flexibility index (Phi) is 16.7. The van der Waals surface area contributed by atoms with Gasteiger partial charge in [0.05, 0.1) is 24.0 Å². The van der Waals surface area contributed by atoms with Gasteiger partial charge in [-0.05, 0) is 110 Å². The first-order valence-corrected chi connectivity index (χ1v) is 28.7. The largest absolute Gasteiger partial charge is 0.541 e. The second-order valence-electron chi connectivity index (χ2n) is 20.0. The summed E-state index contributed by atoms with van der Waals surface area (Å²) >= 11 is 2.54. The van der Waals surface area contributed by atoms with E-state index in [2.05, 4.69) is 72.2 Å². The van der Waals surface area contributed by atoms with Gasteiger partial charge in [-0.2, -0.15) is 0 Å². The van der Waals surface area contributed by atoms with Crippen LogP contribution >= 0.6 is 22.7 Å². The Morgan fingerprint density at radius 2 is 1.19 bits per heavy atom. The number of carboxylic acids is 1. The van der Waals surface area contributed by atoms with E-state index >= 15 is 0 Å². The molecule has 0 atom stereocenters. The average molecular weight is 1100 g/mol. The summed E-state index contributed by atoms with van der Waals surface area (Å²) in [4.78, 5) is 63.3. The maximum Gasteiger partial charge on any atom is 0.307 e. The third-order valence-electron chi connectivity index (χ3n) is 14.0. The molecule has 0 fully saturated rings. The van der Waals surface area contributed by atoms with Crippen molar-refractivity contribution in [3.05, 3.63) is 151 Å². The highest BCUT2D eigenvalue weighted by atomic mass is 32.1. The molecule has 0 radical (unpaired) electrons. The smallest absolute Gasteiger partial charge is 0.307 e. The lowest BCUT2D eigenvalue weighted by atomic mass is 9.93. The lowest BCUT2D eigenvalue weighted by Crippen LogP contribution is -2.51.